The number of rotatable bonds is 6. The Hall–Kier alpha value is -2.11. The first-order valence-electron chi connectivity index (χ1n) is 6.29. The summed E-state index contributed by atoms with van der Waals surface area (Å²) in [5, 5.41) is 5.38. The van der Waals surface area contributed by atoms with Crippen LogP contribution in [0.2, 0.25) is 0 Å². The molecule has 3 N–H and O–H groups in total. The van der Waals surface area contributed by atoms with E-state index in [0.29, 0.717) is 0 Å². The van der Waals surface area contributed by atoms with Gasteiger partial charge in [-0.25, -0.2) is 0 Å². The Bertz CT molecular complexity index is 496. The highest BCUT2D eigenvalue weighted by molar-refractivity contribution is 5.92. The fraction of sp³-hybridized carbons (Fsp3) is 0.462. The molecule has 1 aromatic heterocycles. The molecule has 0 aliphatic heterocycles. The maximum absolute atomic E-state index is 11.6. The summed E-state index contributed by atoms with van der Waals surface area (Å²) in [5.41, 5.74) is -0.142. The SMILES string of the molecule is CCC(C)NC(=O)CCNC(=O)c1cccc(=O)[nH]1. The number of nitrogens with one attached hydrogen (secondary N) is 3. The van der Waals surface area contributed by atoms with E-state index in [1.165, 1.54) is 18.2 Å². The van der Waals surface area contributed by atoms with Gasteiger partial charge in [-0.2, -0.15) is 0 Å². The standard InChI is InChI=1S/C13H19N3O3/c1-3-9(2)15-12(18)7-8-14-13(19)10-5-4-6-11(17)16-10/h4-6,9H,3,7-8H2,1-2H3,(H,14,19)(H,15,18)(H,16,17). The summed E-state index contributed by atoms with van der Waals surface area (Å²) in [5.74, 6) is -0.495. The molecule has 0 aliphatic carbocycles. The minimum Gasteiger partial charge on any atom is -0.354 e. The van der Waals surface area contributed by atoms with Gasteiger partial charge in [-0.1, -0.05) is 13.0 Å². The van der Waals surface area contributed by atoms with E-state index in [-0.39, 0.29) is 36.2 Å². The Morgan fingerprint density at radius 3 is 2.74 bits per heavy atom. The highest BCUT2D eigenvalue weighted by Gasteiger charge is 2.08. The fourth-order valence-corrected chi connectivity index (χ4v) is 1.41. The Balaban J connectivity index is 2.35. The first-order chi connectivity index (χ1) is 9.02. The molecule has 1 atom stereocenters. The van der Waals surface area contributed by atoms with Gasteiger partial charge in [0, 0.05) is 25.1 Å². The number of hydrogen-bond acceptors (Lipinski definition) is 3. The predicted molar refractivity (Wildman–Crippen MR) is 71.9 cm³/mol. The van der Waals surface area contributed by atoms with Gasteiger partial charge in [-0.3, -0.25) is 14.4 Å². The molecule has 6 nitrogen and oxygen atoms in total. The summed E-state index contributed by atoms with van der Waals surface area (Å²) in [6, 6.07) is 4.48. The highest BCUT2D eigenvalue weighted by Crippen LogP contribution is 1.91. The largest absolute Gasteiger partial charge is 0.354 e. The molecule has 0 bridgehead atoms. The Morgan fingerprint density at radius 2 is 2.11 bits per heavy atom. The van der Waals surface area contributed by atoms with Crippen LogP contribution in [0.25, 0.3) is 0 Å². The van der Waals surface area contributed by atoms with E-state index >= 15 is 0 Å². The van der Waals surface area contributed by atoms with Crippen molar-refractivity contribution in [1.29, 1.82) is 0 Å². The van der Waals surface area contributed by atoms with Crippen molar-refractivity contribution in [3.05, 3.63) is 34.2 Å². The normalized spacial score (nSPS) is 11.7. The van der Waals surface area contributed by atoms with E-state index in [4.69, 9.17) is 0 Å². The van der Waals surface area contributed by atoms with E-state index in [1.807, 2.05) is 13.8 Å². The zero-order valence-corrected chi connectivity index (χ0v) is 11.2. The van der Waals surface area contributed by atoms with Crippen molar-refractivity contribution in [2.45, 2.75) is 32.7 Å². The number of aromatic nitrogens is 1. The predicted octanol–water partition coefficient (Wildman–Crippen LogP) is 0.409. The number of carbonyl (C=O) groups is 2. The van der Waals surface area contributed by atoms with E-state index < -0.39 is 5.91 Å². The quantitative estimate of drug-likeness (QED) is 0.695. The van der Waals surface area contributed by atoms with Gasteiger partial charge in [-0.05, 0) is 19.4 Å². The van der Waals surface area contributed by atoms with Gasteiger partial charge in [0.15, 0.2) is 0 Å². The van der Waals surface area contributed by atoms with Crippen LogP contribution >= 0.6 is 0 Å². The molecule has 104 valence electrons. The van der Waals surface area contributed by atoms with Gasteiger partial charge in [-0.15, -0.1) is 0 Å². The first-order valence-corrected chi connectivity index (χ1v) is 6.29. The van der Waals surface area contributed by atoms with E-state index in [2.05, 4.69) is 15.6 Å². The third-order valence-corrected chi connectivity index (χ3v) is 2.67. The molecule has 0 saturated heterocycles. The second-order valence-electron chi connectivity index (χ2n) is 4.31. The lowest BCUT2D eigenvalue weighted by atomic mass is 10.2. The Morgan fingerprint density at radius 1 is 1.37 bits per heavy atom. The van der Waals surface area contributed by atoms with Crippen molar-refractivity contribution in [3.63, 3.8) is 0 Å². The van der Waals surface area contributed by atoms with Gasteiger partial charge in [0.25, 0.3) is 5.91 Å². The van der Waals surface area contributed by atoms with Crippen molar-refractivity contribution in [2.75, 3.05) is 6.54 Å². The van der Waals surface area contributed by atoms with E-state index in [0.717, 1.165) is 6.42 Å². The van der Waals surface area contributed by atoms with Crippen LogP contribution in [0.4, 0.5) is 0 Å². The summed E-state index contributed by atoms with van der Waals surface area (Å²) in [7, 11) is 0. The van der Waals surface area contributed by atoms with Gasteiger partial charge in [0.1, 0.15) is 5.69 Å². The second-order valence-corrected chi connectivity index (χ2v) is 4.31. The summed E-state index contributed by atoms with van der Waals surface area (Å²) in [4.78, 5) is 36.6. The van der Waals surface area contributed by atoms with Crippen molar-refractivity contribution >= 4 is 11.8 Å². The lowest BCUT2D eigenvalue weighted by Gasteiger charge is -2.11. The second kappa shape index (κ2) is 7.35. The fourth-order valence-electron chi connectivity index (χ4n) is 1.41. The average molecular weight is 265 g/mol. The zero-order valence-electron chi connectivity index (χ0n) is 11.2. The van der Waals surface area contributed by atoms with Crippen molar-refractivity contribution in [1.82, 2.24) is 15.6 Å². The highest BCUT2D eigenvalue weighted by atomic mass is 16.2. The summed E-state index contributed by atoms with van der Waals surface area (Å²) >= 11 is 0. The van der Waals surface area contributed by atoms with Crippen LogP contribution in [-0.4, -0.2) is 29.4 Å². The van der Waals surface area contributed by atoms with Crippen LogP contribution in [0.5, 0.6) is 0 Å². The number of H-pyrrole nitrogens is 1. The maximum atomic E-state index is 11.6. The topological polar surface area (TPSA) is 91.1 Å². The van der Waals surface area contributed by atoms with Crippen molar-refractivity contribution in [2.24, 2.45) is 0 Å². The van der Waals surface area contributed by atoms with E-state index in [1.54, 1.807) is 0 Å². The summed E-state index contributed by atoms with van der Waals surface area (Å²) in [6.07, 6.45) is 1.08. The third-order valence-electron chi connectivity index (χ3n) is 2.67. The minimum absolute atomic E-state index is 0.101. The Labute approximate surface area is 111 Å². The molecule has 0 spiro atoms. The molecule has 1 unspecified atom stereocenters. The minimum atomic E-state index is -0.394. The first kappa shape index (κ1) is 14.9. The van der Waals surface area contributed by atoms with Crippen LogP contribution < -0.4 is 16.2 Å². The summed E-state index contributed by atoms with van der Waals surface area (Å²) in [6.45, 7) is 4.14. The molecular weight excluding hydrogens is 246 g/mol. The van der Waals surface area contributed by atoms with E-state index in [9.17, 15) is 14.4 Å². The number of hydrogen-bond donors (Lipinski definition) is 3. The number of carbonyl (C=O) groups excluding carboxylic acids is 2. The van der Waals surface area contributed by atoms with Crippen LogP contribution in [0.15, 0.2) is 23.0 Å². The average Bonchev–Trinajstić information content (AvgIpc) is 2.38. The third kappa shape index (κ3) is 5.37. The molecule has 0 radical (unpaired) electrons. The lowest BCUT2D eigenvalue weighted by molar-refractivity contribution is -0.121. The zero-order chi connectivity index (χ0) is 14.3. The smallest absolute Gasteiger partial charge is 0.267 e. The molecule has 0 aromatic carbocycles. The number of aromatic amines is 1. The Kier molecular flexibility index (Phi) is 5.78. The van der Waals surface area contributed by atoms with Gasteiger partial charge < -0.3 is 15.6 Å². The van der Waals surface area contributed by atoms with Crippen LogP contribution in [0, 0.1) is 0 Å². The molecule has 1 rings (SSSR count). The van der Waals surface area contributed by atoms with Gasteiger partial charge in [0.2, 0.25) is 11.5 Å². The molecule has 1 heterocycles. The monoisotopic (exact) mass is 265 g/mol. The lowest BCUT2D eigenvalue weighted by Crippen LogP contribution is -2.35. The molecule has 1 aromatic rings. The molecule has 19 heavy (non-hydrogen) atoms. The number of pyridine rings is 1. The van der Waals surface area contributed by atoms with Crippen molar-refractivity contribution in [3.8, 4) is 0 Å². The van der Waals surface area contributed by atoms with Gasteiger partial charge in [0.05, 0.1) is 0 Å². The molecule has 0 saturated carbocycles. The molecule has 0 aliphatic rings. The van der Waals surface area contributed by atoms with Crippen LogP contribution in [0.1, 0.15) is 37.2 Å². The molecule has 6 heteroatoms. The van der Waals surface area contributed by atoms with Crippen LogP contribution in [0.3, 0.4) is 0 Å². The van der Waals surface area contributed by atoms with Crippen molar-refractivity contribution < 1.29 is 9.59 Å². The van der Waals surface area contributed by atoms with Crippen LogP contribution in [-0.2, 0) is 4.79 Å². The number of amides is 2. The molecule has 2 amide bonds. The molecule has 0 fully saturated rings. The van der Waals surface area contributed by atoms with Gasteiger partial charge >= 0.3 is 0 Å². The molecular formula is C13H19N3O3. The summed E-state index contributed by atoms with van der Waals surface area (Å²) < 4.78 is 0. The maximum Gasteiger partial charge on any atom is 0.267 e.